The lowest BCUT2D eigenvalue weighted by Gasteiger charge is -2.08. The van der Waals surface area contributed by atoms with Crippen molar-refractivity contribution >= 4 is 27.8 Å². The molecule has 0 bridgehead atoms. The van der Waals surface area contributed by atoms with Gasteiger partial charge in [-0.25, -0.2) is 4.98 Å². The molecule has 7 heteroatoms. The van der Waals surface area contributed by atoms with Gasteiger partial charge in [0, 0.05) is 25.7 Å². The fraction of sp³-hybridized carbons (Fsp3) is 0.353. The van der Waals surface area contributed by atoms with Gasteiger partial charge in [0.05, 0.1) is 18.5 Å². The summed E-state index contributed by atoms with van der Waals surface area (Å²) in [7, 11) is 3.82. The van der Waals surface area contributed by atoms with Crippen molar-refractivity contribution < 1.29 is 9.30 Å². The topological polar surface area (TPSA) is 64.1 Å². The molecule has 0 aliphatic carbocycles. The standard InChI is InChI=1S/C17H20N5OS/c1-4-9-23-17-20-8-5-13(21-17)12(10-18-2)16-22(3)14-11-19-7-6-15(14)24-16/h5-8,10-12H,4,9H2,1-3H3/q+1. The van der Waals surface area contributed by atoms with Crippen LogP contribution in [0.3, 0.4) is 0 Å². The van der Waals surface area contributed by atoms with E-state index in [1.807, 2.05) is 37.8 Å². The summed E-state index contributed by atoms with van der Waals surface area (Å²) < 4.78 is 8.90. The van der Waals surface area contributed by atoms with E-state index in [0.29, 0.717) is 12.6 Å². The molecule has 0 aliphatic rings. The average molecular weight is 342 g/mol. The van der Waals surface area contributed by atoms with E-state index in [4.69, 9.17) is 4.74 Å². The number of nitrogens with zero attached hydrogens (tertiary/aromatic N) is 5. The van der Waals surface area contributed by atoms with Gasteiger partial charge in [-0.2, -0.15) is 9.55 Å². The number of hydrogen-bond acceptors (Lipinski definition) is 6. The molecule has 0 N–H and O–H groups in total. The molecule has 3 aromatic heterocycles. The fourth-order valence-corrected chi connectivity index (χ4v) is 3.68. The predicted octanol–water partition coefficient (Wildman–Crippen LogP) is 2.53. The van der Waals surface area contributed by atoms with Gasteiger partial charge in [0.25, 0.3) is 5.01 Å². The van der Waals surface area contributed by atoms with Crippen LogP contribution < -0.4 is 9.30 Å². The molecule has 1 unspecified atom stereocenters. The molecule has 0 saturated heterocycles. The summed E-state index contributed by atoms with van der Waals surface area (Å²) >= 11 is 1.72. The lowest BCUT2D eigenvalue weighted by Crippen LogP contribution is -2.33. The second kappa shape index (κ2) is 7.44. The molecule has 6 nitrogen and oxygen atoms in total. The van der Waals surface area contributed by atoms with Gasteiger partial charge in [-0.3, -0.25) is 9.98 Å². The Bertz CT molecular complexity index is 861. The number of pyridine rings is 1. The van der Waals surface area contributed by atoms with Gasteiger partial charge in [0.2, 0.25) is 5.52 Å². The zero-order valence-electron chi connectivity index (χ0n) is 14.0. The number of rotatable bonds is 6. The third-order valence-electron chi connectivity index (χ3n) is 3.64. The molecule has 0 amide bonds. The van der Waals surface area contributed by atoms with Crippen molar-refractivity contribution in [2.24, 2.45) is 12.0 Å². The van der Waals surface area contributed by atoms with E-state index in [9.17, 15) is 0 Å². The molecule has 24 heavy (non-hydrogen) atoms. The van der Waals surface area contributed by atoms with Crippen LogP contribution in [0.1, 0.15) is 30.0 Å². The van der Waals surface area contributed by atoms with Gasteiger partial charge in [-0.05, 0) is 18.6 Å². The van der Waals surface area contributed by atoms with Crippen LogP contribution in [0.15, 0.2) is 35.7 Å². The van der Waals surface area contributed by atoms with Gasteiger partial charge in [-0.15, -0.1) is 0 Å². The summed E-state index contributed by atoms with van der Waals surface area (Å²) in [6.07, 6.45) is 8.26. The third-order valence-corrected chi connectivity index (χ3v) is 4.94. The maximum Gasteiger partial charge on any atom is 0.316 e. The number of aryl methyl sites for hydroxylation is 1. The first kappa shape index (κ1) is 16.4. The molecule has 0 radical (unpaired) electrons. The Hall–Kier alpha value is -2.41. The number of hydrogen-bond donors (Lipinski definition) is 0. The van der Waals surface area contributed by atoms with E-state index in [-0.39, 0.29) is 5.92 Å². The third kappa shape index (κ3) is 3.26. The van der Waals surface area contributed by atoms with E-state index in [2.05, 4.69) is 31.4 Å². The first-order valence-electron chi connectivity index (χ1n) is 7.85. The van der Waals surface area contributed by atoms with Crippen LogP contribution in [0.2, 0.25) is 0 Å². The van der Waals surface area contributed by atoms with Crippen molar-refractivity contribution in [3.05, 3.63) is 41.4 Å². The Kier molecular flexibility index (Phi) is 5.10. The van der Waals surface area contributed by atoms with Crippen molar-refractivity contribution in [3.8, 4) is 6.01 Å². The summed E-state index contributed by atoms with van der Waals surface area (Å²) in [6, 6.07) is 4.35. The number of aliphatic imine (C=N–C) groups is 1. The van der Waals surface area contributed by atoms with Crippen LogP contribution in [-0.2, 0) is 7.05 Å². The lowest BCUT2D eigenvalue weighted by molar-refractivity contribution is -0.648. The molecule has 3 rings (SSSR count). The second-order valence-corrected chi connectivity index (χ2v) is 6.40. The van der Waals surface area contributed by atoms with Crippen molar-refractivity contribution in [1.82, 2.24) is 15.0 Å². The maximum absolute atomic E-state index is 5.57. The minimum absolute atomic E-state index is 0.0515. The van der Waals surface area contributed by atoms with Crippen molar-refractivity contribution in [1.29, 1.82) is 0 Å². The highest BCUT2D eigenvalue weighted by Crippen LogP contribution is 2.28. The number of aromatic nitrogens is 4. The van der Waals surface area contributed by atoms with Crippen LogP contribution in [0.4, 0.5) is 0 Å². The highest BCUT2D eigenvalue weighted by atomic mass is 32.1. The Balaban J connectivity index is 2.04. The molecule has 124 valence electrons. The minimum atomic E-state index is -0.0515. The quantitative estimate of drug-likeness (QED) is 0.510. The highest BCUT2D eigenvalue weighted by molar-refractivity contribution is 7.18. The van der Waals surface area contributed by atoms with Gasteiger partial charge in [0.15, 0.2) is 0 Å². The number of thiazole rings is 1. The van der Waals surface area contributed by atoms with Crippen molar-refractivity contribution in [2.75, 3.05) is 13.7 Å². The summed E-state index contributed by atoms with van der Waals surface area (Å²) in [6.45, 7) is 2.67. The Morgan fingerprint density at radius 3 is 3.00 bits per heavy atom. The average Bonchev–Trinajstić information content (AvgIpc) is 2.95. The van der Waals surface area contributed by atoms with E-state index < -0.39 is 0 Å². The number of fused-ring (bicyclic) bond motifs is 1. The van der Waals surface area contributed by atoms with Gasteiger partial charge < -0.3 is 4.74 Å². The van der Waals surface area contributed by atoms with E-state index in [0.717, 1.165) is 22.6 Å². The second-order valence-electron chi connectivity index (χ2n) is 5.34. The van der Waals surface area contributed by atoms with E-state index in [1.165, 1.54) is 4.70 Å². The number of ether oxygens (including phenoxy) is 1. The zero-order valence-corrected chi connectivity index (χ0v) is 14.8. The summed E-state index contributed by atoms with van der Waals surface area (Å²) in [5, 5.41) is 1.14. The monoisotopic (exact) mass is 342 g/mol. The van der Waals surface area contributed by atoms with Crippen LogP contribution in [0.25, 0.3) is 10.2 Å². The molecule has 0 spiro atoms. The Morgan fingerprint density at radius 2 is 2.25 bits per heavy atom. The smallest absolute Gasteiger partial charge is 0.316 e. The van der Waals surface area contributed by atoms with Gasteiger partial charge in [0.1, 0.15) is 17.7 Å². The van der Waals surface area contributed by atoms with Crippen LogP contribution in [0, 0.1) is 0 Å². The summed E-state index contributed by atoms with van der Waals surface area (Å²) in [5.41, 5.74) is 1.97. The van der Waals surface area contributed by atoms with Crippen molar-refractivity contribution in [3.63, 3.8) is 0 Å². The normalized spacial score (nSPS) is 12.8. The Morgan fingerprint density at radius 1 is 1.38 bits per heavy atom. The zero-order chi connectivity index (χ0) is 16.9. The SMILES string of the molecule is CCCOc1nccc(C(C=NC)c2sc3ccncc3[n+]2C)n1. The Labute approximate surface area is 144 Å². The first-order valence-corrected chi connectivity index (χ1v) is 8.66. The molecule has 0 fully saturated rings. The fourth-order valence-electron chi connectivity index (χ4n) is 2.49. The molecule has 1 atom stereocenters. The van der Waals surface area contributed by atoms with Crippen LogP contribution in [-0.4, -0.2) is 34.8 Å². The first-order chi connectivity index (χ1) is 11.7. The summed E-state index contributed by atoms with van der Waals surface area (Å²) in [4.78, 5) is 17.2. The van der Waals surface area contributed by atoms with Crippen LogP contribution in [0.5, 0.6) is 6.01 Å². The molecule has 3 aromatic rings. The summed E-state index contributed by atoms with van der Waals surface area (Å²) in [5.74, 6) is -0.0515. The molecular formula is C17H20N5OS+. The lowest BCUT2D eigenvalue weighted by atomic mass is 10.1. The molecular weight excluding hydrogens is 322 g/mol. The molecule has 0 aliphatic heterocycles. The van der Waals surface area contributed by atoms with E-state index >= 15 is 0 Å². The van der Waals surface area contributed by atoms with Crippen LogP contribution >= 0.6 is 11.3 Å². The highest BCUT2D eigenvalue weighted by Gasteiger charge is 2.27. The van der Waals surface area contributed by atoms with Gasteiger partial charge in [-0.1, -0.05) is 18.3 Å². The molecule has 3 heterocycles. The maximum atomic E-state index is 5.57. The largest absolute Gasteiger partial charge is 0.463 e. The molecule has 0 aromatic carbocycles. The van der Waals surface area contributed by atoms with Gasteiger partial charge >= 0.3 is 6.01 Å². The predicted molar refractivity (Wildman–Crippen MR) is 94.9 cm³/mol. The minimum Gasteiger partial charge on any atom is -0.463 e. The molecule has 0 saturated carbocycles. The van der Waals surface area contributed by atoms with E-state index in [1.54, 1.807) is 24.6 Å². The van der Waals surface area contributed by atoms with Crippen molar-refractivity contribution in [2.45, 2.75) is 19.3 Å².